The second-order valence-corrected chi connectivity index (χ2v) is 8.96. The average Bonchev–Trinajstić information content (AvgIpc) is 2.63. The molecule has 1 unspecified atom stereocenters. The quantitative estimate of drug-likeness (QED) is 0.646. The van der Waals surface area contributed by atoms with Crippen molar-refractivity contribution in [2.45, 2.75) is 24.4 Å². The molecule has 1 atom stereocenters. The van der Waals surface area contributed by atoms with Gasteiger partial charge in [-0.1, -0.05) is 29.8 Å². The summed E-state index contributed by atoms with van der Waals surface area (Å²) in [6.45, 7) is 2.81. The zero-order valence-corrected chi connectivity index (χ0v) is 16.6. The van der Waals surface area contributed by atoms with Crippen LogP contribution in [0.25, 0.3) is 10.9 Å². The minimum absolute atomic E-state index is 0.123. The highest BCUT2D eigenvalue weighted by Crippen LogP contribution is 2.28. The van der Waals surface area contributed by atoms with E-state index in [1.54, 1.807) is 18.3 Å². The Balaban J connectivity index is 1.84. The number of sulfone groups is 1. The van der Waals surface area contributed by atoms with Gasteiger partial charge in [-0.05, 0) is 55.4 Å². The molecule has 26 heavy (non-hydrogen) atoms. The molecule has 3 rings (SSSR count). The lowest BCUT2D eigenvalue weighted by molar-refractivity contribution is 0.254. The largest absolute Gasteiger partial charge is 0.295 e. The summed E-state index contributed by atoms with van der Waals surface area (Å²) in [5, 5.41) is 1.65. The van der Waals surface area contributed by atoms with Gasteiger partial charge in [0.25, 0.3) is 0 Å². The third kappa shape index (κ3) is 3.90. The van der Waals surface area contributed by atoms with E-state index in [-0.39, 0.29) is 6.04 Å². The smallest absolute Gasteiger partial charge is 0.175 e. The Hall–Kier alpha value is -1.95. The van der Waals surface area contributed by atoms with Crippen molar-refractivity contribution in [1.29, 1.82) is 0 Å². The van der Waals surface area contributed by atoms with Crippen molar-refractivity contribution >= 4 is 32.3 Å². The highest BCUT2D eigenvalue weighted by molar-refractivity contribution is 7.90. The molecule has 136 valence electrons. The SMILES string of the molecule is CC(c1ccc(S(C)(=O)=O)cc1)N(C)Cc1ccc(Cl)c2cccnc12. The van der Waals surface area contributed by atoms with E-state index in [1.165, 1.54) is 6.26 Å². The number of benzene rings is 2. The summed E-state index contributed by atoms with van der Waals surface area (Å²) >= 11 is 6.27. The predicted molar refractivity (Wildman–Crippen MR) is 106 cm³/mol. The molecule has 0 saturated heterocycles. The van der Waals surface area contributed by atoms with E-state index in [2.05, 4.69) is 16.8 Å². The van der Waals surface area contributed by atoms with Crippen LogP contribution in [0.2, 0.25) is 5.02 Å². The zero-order valence-electron chi connectivity index (χ0n) is 15.0. The van der Waals surface area contributed by atoms with Gasteiger partial charge in [0.1, 0.15) is 0 Å². The van der Waals surface area contributed by atoms with Crippen LogP contribution in [-0.4, -0.2) is 31.6 Å². The van der Waals surface area contributed by atoms with Crippen LogP contribution in [0, 0.1) is 0 Å². The molecule has 2 aromatic carbocycles. The number of halogens is 1. The molecular weight excluding hydrogens is 368 g/mol. The maximum absolute atomic E-state index is 11.6. The zero-order chi connectivity index (χ0) is 18.9. The van der Waals surface area contributed by atoms with Gasteiger partial charge in [-0.2, -0.15) is 0 Å². The molecule has 0 amide bonds. The Morgan fingerprint density at radius 3 is 2.46 bits per heavy atom. The number of hydrogen-bond acceptors (Lipinski definition) is 4. The fourth-order valence-electron chi connectivity index (χ4n) is 2.98. The monoisotopic (exact) mass is 388 g/mol. The summed E-state index contributed by atoms with van der Waals surface area (Å²) in [7, 11) is -1.14. The van der Waals surface area contributed by atoms with E-state index < -0.39 is 9.84 Å². The first-order valence-electron chi connectivity index (χ1n) is 8.30. The van der Waals surface area contributed by atoms with Gasteiger partial charge in [0, 0.05) is 35.4 Å². The fraction of sp³-hybridized carbons (Fsp3) is 0.250. The average molecular weight is 389 g/mol. The van der Waals surface area contributed by atoms with Crippen molar-refractivity contribution in [3.05, 3.63) is 70.9 Å². The number of pyridine rings is 1. The van der Waals surface area contributed by atoms with Gasteiger partial charge in [0.2, 0.25) is 0 Å². The van der Waals surface area contributed by atoms with Crippen molar-refractivity contribution in [3.63, 3.8) is 0 Å². The van der Waals surface area contributed by atoms with Crippen LogP contribution in [0.5, 0.6) is 0 Å². The standard InChI is InChI=1S/C20H21ClN2O2S/c1-14(15-6-9-17(10-7-15)26(3,24)25)23(2)13-16-8-11-19(21)18-5-4-12-22-20(16)18/h4-12,14H,13H2,1-3H3. The number of hydrogen-bond donors (Lipinski definition) is 0. The number of aromatic nitrogens is 1. The van der Waals surface area contributed by atoms with E-state index in [9.17, 15) is 8.42 Å². The molecule has 0 spiro atoms. The van der Waals surface area contributed by atoms with Gasteiger partial charge < -0.3 is 0 Å². The Bertz CT molecular complexity index is 1030. The summed E-state index contributed by atoms with van der Waals surface area (Å²) in [5.41, 5.74) is 3.07. The van der Waals surface area contributed by atoms with Crippen LogP contribution >= 0.6 is 11.6 Å². The lowest BCUT2D eigenvalue weighted by Gasteiger charge is -2.25. The van der Waals surface area contributed by atoms with E-state index in [0.29, 0.717) is 16.5 Å². The van der Waals surface area contributed by atoms with Crippen molar-refractivity contribution in [2.75, 3.05) is 13.3 Å². The highest BCUT2D eigenvalue weighted by atomic mass is 35.5. The first kappa shape index (κ1) is 18.8. The molecule has 0 radical (unpaired) electrons. The molecule has 0 aliphatic rings. The van der Waals surface area contributed by atoms with Gasteiger partial charge in [-0.3, -0.25) is 9.88 Å². The summed E-state index contributed by atoms with van der Waals surface area (Å²) in [5.74, 6) is 0. The molecular formula is C20H21ClN2O2S. The number of rotatable bonds is 5. The second-order valence-electron chi connectivity index (χ2n) is 6.54. The van der Waals surface area contributed by atoms with E-state index >= 15 is 0 Å². The first-order valence-corrected chi connectivity index (χ1v) is 10.6. The van der Waals surface area contributed by atoms with Crippen molar-refractivity contribution in [3.8, 4) is 0 Å². The Kier molecular flexibility index (Phi) is 5.32. The summed E-state index contributed by atoms with van der Waals surface area (Å²) in [6, 6.07) is 15.0. The lowest BCUT2D eigenvalue weighted by Crippen LogP contribution is -2.22. The number of nitrogens with zero attached hydrogens (tertiary/aromatic N) is 2. The molecule has 0 aliphatic heterocycles. The van der Waals surface area contributed by atoms with Gasteiger partial charge in [-0.25, -0.2) is 8.42 Å². The van der Waals surface area contributed by atoms with Gasteiger partial charge in [0.15, 0.2) is 9.84 Å². The first-order chi connectivity index (χ1) is 12.3. The Labute approximate surface area is 159 Å². The maximum atomic E-state index is 11.6. The van der Waals surface area contributed by atoms with Crippen LogP contribution in [-0.2, 0) is 16.4 Å². The molecule has 1 heterocycles. The summed E-state index contributed by atoms with van der Waals surface area (Å²) in [4.78, 5) is 7.03. The van der Waals surface area contributed by atoms with Crippen LogP contribution in [0.1, 0.15) is 24.1 Å². The number of fused-ring (bicyclic) bond motifs is 1. The Morgan fingerprint density at radius 2 is 1.81 bits per heavy atom. The second kappa shape index (κ2) is 7.35. The molecule has 0 aliphatic carbocycles. The normalized spacial score (nSPS) is 13.3. The molecule has 0 fully saturated rings. The Morgan fingerprint density at radius 1 is 1.12 bits per heavy atom. The van der Waals surface area contributed by atoms with Crippen molar-refractivity contribution in [2.24, 2.45) is 0 Å². The lowest BCUT2D eigenvalue weighted by atomic mass is 10.1. The van der Waals surface area contributed by atoms with Gasteiger partial charge in [-0.15, -0.1) is 0 Å². The van der Waals surface area contributed by atoms with Gasteiger partial charge in [0.05, 0.1) is 10.4 Å². The van der Waals surface area contributed by atoms with E-state index in [4.69, 9.17) is 11.6 Å². The van der Waals surface area contributed by atoms with Crippen LogP contribution < -0.4 is 0 Å². The minimum atomic E-state index is -3.18. The third-order valence-electron chi connectivity index (χ3n) is 4.67. The molecule has 4 nitrogen and oxygen atoms in total. The summed E-state index contributed by atoms with van der Waals surface area (Å²) < 4.78 is 23.2. The topological polar surface area (TPSA) is 50.3 Å². The molecule has 0 bridgehead atoms. The molecule has 0 saturated carbocycles. The van der Waals surface area contributed by atoms with E-state index in [0.717, 1.165) is 22.0 Å². The van der Waals surface area contributed by atoms with Crippen LogP contribution in [0.4, 0.5) is 0 Å². The minimum Gasteiger partial charge on any atom is -0.295 e. The van der Waals surface area contributed by atoms with Crippen LogP contribution in [0.15, 0.2) is 59.6 Å². The molecule has 1 aromatic heterocycles. The molecule has 3 aromatic rings. The third-order valence-corrected chi connectivity index (χ3v) is 6.13. The maximum Gasteiger partial charge on any atom is 0.175 e. The van der Waals surface area contributed by atoms with Crippen LogP contribution in [0.3, 0.4) is 0 Å². The van der Waals surface area contributed by atoms with Gasteiger partial charge >= 0.3 is 0 Å². The molecule has 6 heteroatoms. The molecule has 0 N–H and O–H groups in total. The summed E-state index contributed by atoms with van der Waals surface area (Å²) in [6.07, 6.45) is 2.99. The predicted octanol–water partition coefficient (Wildman–Crippen LogP) is 4.48. The fourth-order valence-corrected chi connectivity index (χ4v) is 3.82. The van der Waals surface area contributed by atoms with E-state index in [1.807, 2.05) is 43.4 Å². The van der Waals surface area contributed by atoms with Crippen molar-refractivity contribution < 1.29 is 8.42 Å². The highest BCUT2D eigenvalue weighted by Gasteiger charge is 2.15. The van der Waals surface area contributed by atoms with Crippen molar-refractivity contribution in [1.82, 2.24) is 9.88 Å².